The maximum Gasteiger partial charge on any atom is 0.223 e. The number of carbonyl (C=O) groups is 1. The lowest BCUT2D eigenvalue weighted by atomic mass is 9.74. The maximum absolute atomic E-state index is 12.5. The van der Waals surface area contributed by atoms with Crippen LogP contribution in [0.3, 0.4) is 0 Å². The molecule has 3 aliphatic rings. The summed E-state index contributed by atoms with van der Waals surface area (Å²) in [5.41, 5.74) is 6.12. The van der Waals surface area contributed by atoms with Gasteiger partial charge in [-0.25, -0.2) is 0 Å². The Kier molecular flexibility index (Phi) is 5.94. The molecule has 170 valence electrons. The van der Waals surface area contributed by atoms with E-state index in [4.69, 9.17) is 11.6 Å². The highest BCUT2D eigenvalue weighted by Crippen LogP contribution is 2.45. The number of nitrogens with zero attached hydrogens (tertiary/aromatic N) is 2. The minimum Gasteiger partial charge on any atom is -0.506 e. The summed E-state index contributed by atoms with van der Waals surface area (Å²) < 4.78 is 0. The Morgan fingerprint density at radius 1 is 1.09 bits per heavy atom. The number of fused-ring (bicyclic) bond motifs is 5. The van der Waals surface area contributed by atoms with Gasteiger partial charge < -0.3 is 14.9 Å². The molecular weight excluding hydrogens is 420 g/mol. The Hall–Kier alpha value is -2.04. The van der Waals surface area contributed by atoms with Crippen LogP contribution in [-0.2, 0) is 17.6 Å². The van der Waals surface area contributed by atoms with E-state index in [0.717, 1.165) is 38.0 Å². The van der Waals surface area contributed by atoms with E-state index in [1.54, 1.807) is 6.92 Å². The van der Waals surface area contributed by atoms with Gasteiger partial charge in [-0.2, -0.15) is 0 Å². The monoisotopic (exact) mass is 452 g/mol. The number of phenols is 1. The van der Waals surface area contributed by atoms with E-state index in [-0.39, 0.29) is 17.6 Å². The van der Waals surface area contributed by atoms with Gasteiger partial charge in [-0.05, 0) is 91.6 Å². The Labute approximate surface area is 196 Å². The Balaban J connectivity index is 1.54. The third-order valence-corrected chi connectivity index (χ3v) is 8.31. The second kappa shape index (κ2) is 8.72. The molecule has 0 spiro atoms. The van der Waals surface area contributed by atoms with Crippen molar-refractivity contribution in [3.63, 3.8) is 0 Å². The van der Waals surface area contributed by atoms with Crippen LogP contribution in [0, 0.1) is 5.92 Å². The van der Waals surface area contributed by atoms with E-state index >= 15 is 0 Å². The Morgan fingerprint density at radius 3 is 2.59 bits per heavy atom. The van der Waals surface area contributed by atoms with Crippen molar-refractivity contribution in [2.45, 2.75) is 63.8 Å². The highest BCUT2D eigenvalue weighted by molar-refractivity contribution is 6.32. The normalized spacial score (nSPS) is 23.2. The van der Waals surface area contributed by atoms with Crippen LogP contribution < -0.4 is 4.90 Å². The van der Waals surface area contributed by atoms with E-state index in [9.17, 15) is 9.90 Å². The minimum atomic E-state index is 0.129. The summed E-state index contributed by atoms with van der Waals surface area (Å²) in [6.07, 6.45) is 8.05. The molecule has 1 amide bonds. The third kappa shape index (κ3) is 3.92. The van der Waals surface area contributed by atoms with E-state index in [2.05, 4.69) is 30.1 Å². The van der Waals surface area contributed by atoms with Crippen molar-refractivity contribution in [3.8, 4) is 5.75 Å². The molecule has 2 aromatic carbocycles. The van der Waals surface area contributed by atoms with Crippen LogP contribution in [0.2, 0.25) is 5.02 Å². The number of halogens is 1. The highest BCUT2D eigenvalue weighted by Gasteiger charge is 2.37. The second-order valence-electron chi connectivity index (χ2n) is 9.98. The fraction of sp³-hybridized carbons (Fsp3) is 0.519. The molecule has 0 bridgehead atoms. The number of aromatic hydroxyl groups is 1. The smallest absolute Gasteiger partial charge is 0.223 e. The molecule has 1 N–H and O–H groups in total. The van der Waals surface area contributed by atoms with Gasteiger partial charge in [-0.15, -0.1) is 0 Å². The van der Waals surface area contributed by atoms with Gasteiger partial charge in [0, 0.05) is 37.7 Å². The molecule has 0 saturated heterocycles. The second-order valence-corrected chi connectivity index (χ2v) is 10.4. The summed E-state index contributed by atoms with van der Waals surface area (Å²) in [7, 11) is 2.21. The molecular formula is C27H33ClN2O2. The SMILES string of the molecule is CC(=O)N(CC1CCCC1)c1ccc2c(c1)CCC1C2c2cc(O)c(Cl)cc2CCN1C. The molecule has 1 aliphatic heterocycles. The first-order valence-corrected chi connectivity index (χ1v) is 12.4. The van der Waals surface area contributed by atoms with Crippen molar-refractivity contribution < 1.29 is 9.90 Å². The number of hydrogen-bond donors (Lipinski definition) is 1. The van der Waals surface area contributed by atoms with Crippen molar-refractivity contribution >= 4 is 23.2 Å². The topological polar surface area (TPSA) is 43.8 Å². The van der Waals surface area contributed by atoms with Gasteiger partial charge in [0.1, 0.15) is 5.75 Å². The fourth-order valence-corrected chi connectivity index (χ4v) is 6.45. The van der Waals surface area contributed by atoms with Gasteiger partial charge in [-0.3, -0.25) is 4.79 Å². The van der Waals surface area contributed by atoms with E-state index in [0.29, 0.717) is 17.0 Å². The summed E-state index contributed by atoms with van der Waals surface area (Å²) in [5, 5.41) is 10.8. The molecule has 2 unspecified atom stereocenters. The van der Waals surface area contributed by atoms with Gasteiger partial charge in [0.05, 0.1) is 5.02 Å². The molecule has 1 saturated carbocycles. The van der Waals surface area contributed by atoms with Crippen molar-refractivity contribution in [2.24, 2.45) is 5.92 Å². The predicted octanol–water partition coefficient (Wildman–Crippen LogP) is 5.52. The number of benzene rings is 2. The summed E-state index contributed by atoms with van der Waals surface area (Å²) >= 11 is 6.26. The predicted molar refractivity (Wildman–Crippen MR) is 130 cm³/mol. The molecule has 32 heavy (non-hydrogen) atoms. The first kappa shape index (κ1) is 21.8. The average molecular weight is 453 g/mol. The summed E-state index contributed by atoms with van der Waals surface area (Å²) in [6, 6.07) is 10.9. The lowest BCUT2D eigenvalue weighted by Gasteiger charge is -2.39. The number of carbonyl (C=O) groups excluding carboxylic acids is 1. The zero-order valence-corrected chi connectivity index (χ0v) is 19.9. The third-order valence-electron chi connectivity index (χ3n) is 8.01. The van der Waals surface area contributed by atoms with Crippen LogP contribution >= 0.6 is 11.6 Å². The first-order valence-electron chi connectivity index (χ1n) is 12.0. The number of likely N-dealkylation sites (N-methyl/N-ethyl adjacent to an activating group) is 1. The lowest BCUT2D eigenvalue weighted by Crippen LogP contribution is -2.40. The molecule has 1 heterocycles. The van der Waals surface area contributed by atoms with E-state index in [1.807, 2.05) is 17.0 Å². The van der Waals surface area contributed by atoms with Gasteiger partial charge in [-0.1, -0.05) is 30.5 Å². The molecule has 2 atom stereocenters. The van der Waals surface area contributed by atoms with E-state index in [1.165, 1.54) is 47.9 Å². The number of hydrogen-bond acceptors (Lipinski definition) is 3. The zero-order chi connectivity index (χ0) is 22.4. The average Bonchev–Trinajstić information content (AvgIpc) is 3.25. The summed E-state index contributed by atoms with van der Waals surface area (Å²) in [5.74, 6) is 1.12. The van der Waals surface area contributed by atoms with Gasteiger partial charge in [0.2, 0.25) is 5.91 Å². The molecule has 5 rings (SSSR count). The number of anilines is 1. The van der Waals surface area contributed by atoms with Crippen molar-refractivity contribution in [3.05, 3.63) is 57.6 Å². The van der Waals surface area contributed by atoms with Gasteiger partial charge in [0.15, 0.2) is 0 Å². The lowest BCUT2D eigenvalue weighted by molar-refractivity contribution is -0.116. The van der Waals surface area contributed by atoms with Crippen LogP contribution in [0.5, 0.6) is 5.75 Å². The van der Waals surface area contributed by atoms with E-state index < -0.39 is 0 Å². The van der Waals surface area contributed by atoms with Gasteiger partial charge in [0.25, 0.3) is 0 Å². The fourth-order valence-electron chi connectivity index (χ4n) is 6.26. The molecule has 0 radical (unpaired) electrons. The summed E-state index contributed by atoms with van der Waals surface area (Å²) in [6.45, 7) is 3.51. The first-order chi connectivity index (χ1) is 15.4. The minimum absolute atomic E-state index is 0.129. The standard InChI is InChI=1S/C27H33ClN2O2/c1-17(31)30(16-18-5-3-4-6-18)21-8-9-22-19(13-21)7-10-25-27(22)23-15-26(32)24(28)14-20(23)11-12-29(25)2/h8-9,13-15,18,25,27,32H,3-7,10-12,16H2,1-2H3. The molecule has 2 aromatic rings. The van der Waals surface area contributed by atoms with Crippen molar-refractivity contribution in [1.82, 2.24) is 4.90 Å². The molecule has 2 aliphatic carbocycles. The highest BCUT2D eigenvalue weighted by atomic mass is 35.5. The van der Waals surface area contributed by atoms with Crippen LogP contribution in [0.4, 0.5) is 5.69 Å². The maximum atomic E-state index is 12.5. The Morgan fingerprint density at radius 2 is 1.84 bits per heavy atom. The zero-order valence-electron chi connectivity index (χ0n) is 19.1. The molecule has 5 heteroatoms. The van der Waals surface area contributed by atoms with Crippen LogP contribution in [-0.4, -0.2) is 42.1 Å². The number of amides is 1. The summed E-state index contributed by atoms with van der Waals surface area (Å²) in [4.78, 5) is 17.0. The molecule has 0 aromatic heterocycles. The Bertz CT molecular complexity index is 1030. The number of rotatable bonds is 3. The van der Waals surface area contributed by atoms with Crippen LogP contribution in [0.25, 0.3) is 0 Å². The number of phenolic OH excluding ortho intramolecular Hbond substituents is 1. The van der Waals surface area contributed by atoms with Crippen molar-refractivity contribution in [2.75, 3.05) is 25.0 Å². The largest absolute Gasteiger partial charge is 0.506 e. The number of aryl methyl sites for hydroxylation is 1. The van der Waals surface area contributed by atoms with Crippen LogP contribution in [0.15, 0.2) is 30.3 Å². The van der Waals surface area contributed by atoms with Crippen LogP contribution in [0.1, 0.15) is 67.2 Å². The molecule has 1 fully saturated rings. The molecule has 4 nitrogen and oxygen atoms in total. The van der Waals surface area contributed by atoms with Crippen molar-refractivity contribution in [1.29, 1.82) is 0 Å². The quantitative estimate of drug-likeness (QED) is 0.666. The van der Waals surface area contributed by atoms with Gasteiger partial charge >= 0.3 is 0 Å².